The van der Waals surface area contributed by atoms with Crippen molar-refractivity contribution in [2.24, 2.45) is 0 Å². The van der Waals surface area contributed by atoms with Gasteiger partial charge in [-0.3, -0.25) is 0 Å². The molecule has 0 unspecified atom stereocenters. The topological polar surface area (TPSA) is 20.2 Å². The third kappa shape index (κ3) is 13.0. The lowest BCUT2D eigenvalue weighted by atomic mass is 10.2. The summed E-state index contributed by atoms with van der Waals surface area (Å²) in [6.45, 7) is 2.32. The lowest BCUT2D eigenvalue weighted by molar-refractivity contribution is 0.305. The van der Waals surface area contributed by atoms with Crippen molar-refractivity contribution in [2.45, 2.75) is 45.4 Å². The van der Waals surface area contributed by atoms with Crippen LogP contribution < -0.4 is 0 Å². The monoisotopic (exact) mass is 206 g/mol. The van der Waals surface area contributed by atoms with Crippen LogP contribution in [0, 0.1) is 11.8 Å². The largest absolute Gasteiger partial charge is 0.395 e. The fourth-order valence-electron chi connectivity index (χ4n) is 1.10. The van der Waals surface area contributed by atoms with E-state index in [0.29, 0.717) is 6.42 Å². The summed E-state index contributed by atoms with van der Waals surface area (Å²) in [5.74, 6) is 5.96. The Morgan fingerprint density at radius 3 is 2.47 bits per heavy atom. The molecule has 0 saturated heterocycles. The fraction of sp³-hybridized carbons (Fsp3) is 0.571. The van der Waals surface area contributed by atoms with Crippen molar-refractivity contribution < 1.29 is 5.11 Å². The molecule has 0 atom stereocenters. The van der Waals surface area contributed by atoms with Crippen LogP contribution >= 0.6 is 0 Å². The van der Waals surface area contributed by atoms with Crippen LogP contribution in [0.5, 0.6) is 0 Å². The molecule has 0 bridgehead atoms. The van der Waals surface area contributed by atoms with E-state index in [9.17, 15) is 0 Å². The molecular formula is C14H22O. The van der Waals surface area contributed by atoms with E-state index < -0.39 is 0 Å². The van der Waals surface area contributed by atoms with Crippen molar-refractivity contribution in [1.29, 1.82) is 0 Å². The number of aliphatic hydroxyl groups excluding tert-OH is 1. The van der Waals surface area contributed by atoms with Gasteiger partial charge in [0.15, 0.2) is 0 Å². The highest BCUT2D eigenvalue weighted by molar-refractivity contribution is 4.99. The first kappa shape index (κ1) is 14.0. The number of unbranched alkanes of at least 4 members (excludes halogenated alkanes) is 2. The Labute approximate surface area is 93.9 Å². The minimum absolute atomic E-state index is 0.177. The van der Waals surface area contributed by atoms with Crippen molar-refractivity contribution in [2.75, 3.05) is 6.61 Å². The zero-order chi connectivity index (χ0) is 11.2. The number of aliphatic hydroxyl groups is 1. The molecular weight excluding hydrogens is 184 g/mol. The molecule has 0 aromatic heterocycles. The van der Waals surface area contributed by atoms with Crippen LogP contribution in [0.15, 0.2) is 24.3 Å². The molecule has 15 heavy (non-hydrogen) atoms. The van der Waals surface area contributed by atoms with Gasteiger partial charge in [-0.2, -0.15) is 0 Å². The minimum atomic E-state index is 0.177. The molecule has 0 rings (SSSR count). The van der Waals surface area contributed by atoms with Crippen molar-refractivity contribution in [3.8, 4) is 11.8 Å². The Morgan fingerprint density at radius 1 is 1.00 bits per heavy atom. The molecule has 0 aliphatic carbocycles. The highest BCUT2D eigenvalue weighted by atomic mass is 16.2. The average Bonchev–Trinajstić information content (AvgIpc) is 2.26. The first-order valence-electron chi connectivity index (χ1n) is 5.78. The summed E-state index contributed by atoms with van der Waals surface area (Å²) in [4.78, 5) is 0. The molecule has 0 aliphatic rings. The Morgan fingerprint density at radius 2 is 1.73 bits per heavy atom. The van der Waals surface area contributed by atoms with E-state index in [0.717, 1.165) is 32.1 Å². The van der Waals surface area contributed by atoms with Gasteiger partial charge in [0.25, 0.3) is 0 Å². The molecule has 0 spiro atoms. The smallest absolute Gasteiger partial charge is 0.0540 e. The molecule has 0 amide bonds. The number of allylic oxidation sites excluding steroid dienone is 4. The second-order valence-corrected chi connectivity index (χ2v) is 3.31. The third-order valence-corrected chi connectivity index (χ3v) is 1.88. The summed E-state index contributed by atoms with van der Waals surface area (Å²) in [6.07, 6.45) is 14.7. The zero-order valence-corrected chi connectivity index (χ0v) is 9.71. The molecule has 0 heterocycles. The lowest BCUT2D eigenvalue weighted by Gasteiger charge is -1.88. The van der Waals surface area contributed by atoms with Crippen LogP contribution in [-0.4, -0.2) is 11.7 Å². The zero-order valence-electron chi connectivity index (χ0n) is 9.71. The SMILES string of the molecule is CCC=CCC=CCCCC#CCCO. The maximum absolute atomic E-state index is 8.49. The highest BCUT2D eigenvalue weighted by Crippen LogP contribution is 1.97. The average molecular weight is 206 g/mol. The van der Waals surface area contributed by atoms with Crippen molar-refractivity contribution in [3.63, 3.8) is 0 Å². The van der Waals surface area contributed by atoms with E-state index in [2.05, 4.69) is 43.1 Å². The molecule has 0 aromatic carbocycles. The van der Waals surface area contributed by atoms with E-state index >= 15 is 0 Å². The number of hydrogen-bond acceptors (Lipinski definition) is 1. The van der Waals surface area contributed by atoms with Gasteiger partial charge in [0.1, 0.15) is 0 Å². The van der Waals surface area contributed by atoms with Crippen LogP contribution in [0.1, 0.15) is 45.4 Å². The molecule has 0 aromatic rings. The van der Waals surface area contributed by atoms with Crippen molar-refractivity contribution in [1.82, 2.24) is 0 Å². The van der Waals surface area contributed by atoms with Crippen molar-refractivity contribution in [3.05, 3.63) is 24.3 Å². The standard InChI is InChI=1S/C14H22O/c1-2-3-4-5-6-7-8-9-10-11-12-13-14-15/h3-4,6-7,15H,2,5,8-10,13-14H2,1H3. The summed E-state index contributed by atoms with van der Waals surface area (Å²) in [6, 6.07) is 0. The minimum Gasteiger partial charge on any atom is -0.395 e. The second kappa shape index (κ2) is 13.0. The summed E-state index contributed by atoms with van der Waals surface area (Å²) in [5.41, 5.74) is 0. The van der Waals surface area contributed by atoms with Gasteiger partial charge in [0.05, 0.1) is 6.61 Å². The Kier molecular flexibility index (Phi) is 12.1. The molecule has 0 fully saturated rings. The van der Waals surface area contributed by atoms with E-state index in [4.69, 9.17) is 5.11 Å². The third-order valence-electron chi connectivity index (χ3n) is 1.88. The molecule has 84 valence electrons. The van der Waals surface area contributed by atoms with Gasteiger partial charge >= 0.3 is 0 Å². The van der Waals surface area contributed by atoms with Crippen LogP contribution in [0.25, 0.3) is 0 Å². The molecule has 0 radical (unpaired) electrons. The molecule has 1 N–H and O–H groups in total. The van der Waals surface area contributed by atoms with Gasteiger partial charge in [-0.25, -0.2) is 0 Å². The Hall–Kier alpha value is -1.00. The summed E-state index contributed by atoms with van der Waals surface area (Å²) >= 11 is 0. The predicted molar refractivity (Wildman–Crippen MR) is 66.5 cm³/mol. The van der Waals surface area contributed by atoms with Crippen LogP contribution in [0.2, 0.25) is 0 Å². The van der Waals surface area contributed by atoms with Crippen LogP contribution in [0.4, 0.5) is 0 Å². The molecule has 1 nitrogen and oxygen atoms in total. The van der Waals surface area contributed by atoms with Gasteiger partial charge in [0, 0.05) is 12.8 Å². The first-order chi connectivity index (χ1) is 7.41. The van der Waals surface area contributed by atoms with Gasteiger partial charge in [-0.05, 0) is 25.7 Å². The number of rotatable bonds is 7. The molecule has 0 aliphatic heterocycles. The lowest BCUT2D eigenvalue weighted by Crippen LogP contribution is -1.76. The van der Waals surface area contributed by atoms with Crippen molar-refractivity contribution >= 4 is 0 Å². The van der Waals surface area contributed by atoms with Gasteiger partial charge in [-0.1, -0.05) is 31.2 Å². The normalized spacial score (nSPS) is 10.8. The summed E-state index contributed by atoms with van der Waals surface area (Å²) in [7, 11) is 0. The summed E-state index contributed by atoms with van der Waals surface area (Å²) in [5, 5.41) is 8.49. The quantitative estimate of drug-likeness (QED) is 0.384. The Bertz CT molecular complexity index is 227. The fourth-order valence-corrected chi connectivity index (χ4v) is 1.10. The maximum Gasteiger partial charge on any atom is 0.0540 e. The van der Waals surface area contributed by atoms with Gasteiger partial charge in [-0.15, -0.1) is 11.8 Å². The van der Waals surface area contributed by atoms with Crippen LogP contribution in [0.3, 0.4) is 0 Å². The van der Waals surface area contributed by atoms with Crippen LogP contribution in [-0.2, 0) is 0 Å². The first-order valence-corrected chi connectivity index (χ1v) is 5.78. The van der Waals surface area contributed by atoms with E-state index in [-0.39, 0.29) is 6.61 Å². The van der Waals surface area contributed by atoms with E-state index in [1.165, 1.54) is 0 Å². The predicted octanol–water partition coefficient (Wildman–Crippen LogP) is 3.46. The van der Waals surface area contributed by atoms with E-state index in [1.54, 1.807) is 0 Å². The molecule has 0 saturated carbocycles. The highest BCUT2D eigenvalue weighted by Gasteiger charge is 1.79. The molecule has 1 heteroatoms. The van der Waals surface area contributed by atoms with Gasteiger partial charge in [0.2, 0.25) is 0 Å². The number of hydrogen-bond donors (Lipinski definition) is 1. The Balaban J connectivity index is 3.24. The maximum atomic E-state index is 8.49. The summed E-state index contributed by atoms with van der Waals surface area (Å²) < 4.78 is 0. The second-order valence-electron chi connectivity index (χ2n) is 3.31. The van der Waals surface area contributed by atoms with Gasteiger partial charge < -0.3 is 5.11 Å². The van der Waals surface area contributed by atoms with E-state index in [1.807, 2.05) is 0 Å².